The highest BCUT2D eigenvalue weighted by molar-refractivity contribution is 6.17. The molecule has 152 valence electrons. The Bertz CT molecular complexity index is 1220. The fraction of sp³-hybridized carbons (Fsp3) is 0.250. The SMILES string of the molecule is O=C1NC(=O)[C@H]2[C@H]1C1C=C3c4ccccc4N(c4ccccc4)C32[C@H]2C(=O)NC(=O)[C@H]12. The average molecular weight is 411 g/mol. The molecule has 0 aromatic heterocycles. The molecule has 2 N–H and O–H groups in total. The lowest BCUT2D eigenvalue weighted by molar-refractivity contribution is -0.138. The summed E-state index contributed by atoms with van der Waals surface area (Å²) in [5.41, 5.74) is 2.36. The Morgan fingerprint density at radius 2 is 1.29 bits per heavy atom. The van der Waals surface area contributed by atoms with Gasteiger partial charge >= 0.3 is 0 Å². The van der Waals surface area contributed by atoms with E-state index in [4.69, 9.17) is 0 Å². The Kier molecular flexibility index (Phi) is 2.90. The van der Waals surface area contributed by atoms with Crippen LogP contribution in [0.2, 0.25) is 0 Å². The van der Waals surface area contributed by atoms with Crippen LogP contribution in [0.5, 0.6) is 0 Å². The van der Waals surface area contributed by atoms with Crippen LogP contribution in [0, 0.1) is 29.6 Å². The van der Waals surface area contributed by atoms with Gasteiger partial charge in [-0.25, -0.2) is 0 Å². The lowest BCUT2D eigenvalue weighted by atomic mass is 9.47. The van der Waals surface area contributed by atoms with Crippen molar-refractivity contribution >= 4 is 40.6 Å². The Labute approximate surface area is 177 Å². The maximum Gasteiger partial charge on any atom is 0.233 e. The highest BCUT2D eigenvalue weighted by Crippen LogP contribution is 2.69. The van der Waals surface area contributed by atoms with E-state index in [1.165, 1.54) is 0 Å². The van der Waals surface area contributed by atoms with E-state index in [0.717, 1.165) is 22.5 Å². The number of imide groups is 2. The number of benzene rings is 2. The van der Waals surface area contributed by atoms with Crippen LogP contribution in [0.25, 0.3) is 5.57 Å². The molecule has 7 nitrogen and oxygen atoms in total. The standard InChI is InChI=1S/C24H17N3O4/c28-20-16-13-10-14-12-8-4-5-9-15(12)27(11-6-2-1-3-7-11)24(14,18(16)22(30)25-20)19-17(13)21(29)26-23(19)31/h1-10,13,16-19H,(H,25,28,30)(H,26,29,31)/t13?,16-,17-,18-,19-,24?/m1/s1. The molecule has 0 unspecified atom stereocenters. The van der Waals surface area contributed by atoms with E-state index >= 15 is 0 Å². The molecular formula is C24H17N3O4. The molecule has 31 heavy (non-hydrogen) atoms. The maximum atomic E-state index is 13.2. The summed E-state index contributed by atoms with van der Waals surface area (Å²) in [4.78, 5) is 54.3. The minimum Gasteiger partial charge on any atom is -0.329 e. The number of anilines is 2. The van der Waals surface area contributed by atoms with E-state index in [1.807, 2.05) is 65.6 Å². The predicted molar refractivity (Wildman–Crippen MR) is 109 cm³/mol. The van der Waals surface area contributed by atoms with E-state index in [9.17, 15) is 19.2 Å². The third kappa shape index (κ3) is 1.70. The summed E-state index contributed by atoms with van der Waals surface area (Å²) in [5.74, 6) is -4.80. The molecule has 2 aromatic rings. The van der Waals surface area contributed by atoms with Gasteiger partial charge in [-0.1, -0.05) is 42.5 Å². The maximum absolute atomic E-state index is 13.2. The van der Waals surface area contributed by atoms with Crippen molar-refractivity contribution in [1.82, 2.24) is 10.6 Å². The molecule has 0 radical (unpaired) electrons. The van der Waals surface area contributed by atoms with Crippen molar-refractivity contribution in [2.75, 3.05) is 4.90 Å². The van der Waals surface area contributed by atoms with Gasteiger partial charge in [0.05, 0.1) is 29.2 Å². The number of allylic oxidation sites excluding steroid dienone is 1. The minimum atomic E-state index is -1.14. The summed E-state index contributed by atoms with van der Waals surface area (Å²) < 4.78 is 0. The number of nitrogens with one attached hydrogen (secondary N) is 2. The number of hydrogen-bond acceptors (Lipinski definition) is 5. The van der Waals surface area contributed by atoms with Crippen LogP contribution >= 0.6 is 0 Å². The molecule has 2 aromatic carbocycles. The number of amides is 4. The van der Waals surface area contributed by atoms with Crippen LogP contribution in [0.4, 0.5) is 11.4 Å². The smallest absolute Gasteiger partial charge is 0.233 e. The third-order valence-corrected chi connectivity index (χ3v) is 7.77. The third-order valence-electron chi connectivity index (χ3n) is 7.77. The summed E-state index contributed by atoms with van der Waals surface area (Å²) in [6.07, 6.45) is 1.99. The molecule has 4 atom stereocenters. The Morgan fingerprint density at radius 1 is 0.710 bits per heavy atom. The molecule has 3 aliphatic heterocycles. The van der Waals surface area contributed by atoms with E-state index in [2.05, 4.69) is 10.6 Å². The Balaban J connectivity index is 1.62. The van der Waals surface area contributed by atoms with Crippen LogP contribution in [0.15, 0.2) is 60.7 Å². The zero-order chi connectivity index (χ0) is 21.1. The summed E-state index contributed by atoms with van der Waals surface area (Å²) in [6.45, 7) is 0. The topological polar surface area (TPSA) is 95.6 Å². The molecule has 3 heterocycles. The molecular weight excluding hydrogens is 394 g/mol. The first kappa shape index (κ1) is 17.0. The Hall–Kier alpha value is -3.74. The highest BCUT2D eigenvalue weighted by Gasteiger charge is 2.77. The number of hydrogen-bond donors (Lipinski definition) is 2. The molecule has 1 saturated carbocycles. The summed E-state index contributed by atoms with van der Waals surface area (Å²) in [7, 11) is 0. The first-order valence-corrected chi connectivity index (χ1v) is 10.4. The molecule has 3 fully saturated rings. The summed E-state index contributed by atoms with van der Waals surface area (Å²) in [5, 5.41) is 5.01. The molecule has 1 spiro atoms. The number of para-hydroxylation sites is 2. The van der Waals surface area contributed by atoms with E-state index in [0.29, 0.717) is 0 Å². The quantitative estimate of drug-likeness (QED) is 0.692. The van der Waals surface area contributed by atoms with Crippen LogP contribution in [-0.2, 0) is 19.2 Å². The van der Waals surface area contributed by atoms with Gasteiger partial charge in [0.2, 0.25) is 23.6 Å². The second-order valence-corrected chi connectivity index (χ2v) is 8.89. The largest absolute Gasteiger partial charge is 0.329 e. The van der Waals surface area contributed by atoms with Crippen molar-refractivity contribution in [2.45, 2.75) is 5.54 Å². The number of carbonyl (C=O) groups is 4. The first-order chi connectivity index (χ1) is 15.0. The van der Waals surface area contributed by atoms with Crippen LogP contribution < -0.4 is 15.5 Å². The summed E-state index contributed by atoms with van der Waals surface area (Å²) in [6, 6.07) is 17.4. The van der Waals surface area contributed by atoms with Gasteiger partial charge in [-0.2, -0.15) is 0 Å². The number of nitrogens with zero attached hydrogens (tertiary/aromatic N) is 1. The fourth-order valence-corrected chi connectivity index (χ4v) is 6.95. The van der Waals surface area contributed by atoms with Crippen molar-refractivity contribution in [3.8, 4) is 0 Å². The lowest BCUT2D eigenvalue weighted by Crippen LogP contribution is -2.68. The van der Waals surface area contributed by atoms with Gasteiger partial charge < -0.3 is 4.90 Å². The van der Waals surface area contributed by atoms with Gasteiger partial charge in [0.25, 0.3) is 0 Å². The van der Waals surface area contributed by atoms with Crippen molar-refractivity contribution in [2.24, 2.45) is 29.6 Å². The van der Waals surface area contributed by atoms with Gasteiger partial charge in [-0.05, 0) is 23.8 Å². The van der Waals surface area contributed by atoms with Gasteiger partial charge in [0, 0.05) is 22.9 Å². The van der Waals surface area contributed by atoms with Crippen molar-refractivity contribution in [3.05, 3.63) is 66.2 Å². The Morgan fingerprint density at radius 3 is 1.94 bits per heavy atom. The predicted octanol–water partition coefficient (Wildman–Crippen LogP) is 1.38. The first-order valence-electron chi connectivity index (χ1n) is 10.4. The van der Waals surface area contributed by atoms with E-state index in [1.54, 1.807) is 0 Å². The zero-order valence-corrected chi connectivity index (χ0v) is 16.2. The van der Waals surface area contributed by atoms with Crippen LogP contribution in [0.3, 0.4) is 0 Å². The van der Waals surface area contributed by atoms with Crippen molar-refractivity contribution in [3.63, 3.8) is 0 Å². The normalized spacial score (nSPS) is 36.5. The minimum absolute atomic E-state index is 0.357. The molecule has 4 amide bonds. The molecule has 2 bridgehead atoms. The number of fused-ring (bicyclic) bond motifs is 1. The van der Waals surface area contributed by atoms with Crippen LogP contribution in [0.1, 0.15) is 5.56 Å². The highest BCUT2D eigenvalue weighted by atomic mass is 16.2. The van der Waals surface area contributed by atoms with E-state index < -0.39 is 35.1 Å². The second-order valence-electron chi connectivity index (χ2n) is 8.89. The van der Waals surface area contributed by atoms with Crippen LogP contribution in [-0.4, -0.2) is 29.2 Å². The molecule has 6 aliphatic rings. The summed E-state index contributed by atoms with van der Waals surface area (Å²) >= 11 is 0. The van der Waals surface area contributed by atoms with Crippen molar-refractivity contribution in [1.29, 1.82) is 0 Å². The van der Waals surface area contributed by atoms with Gasteiger partial charge in [0.15, 0.2) is 0 Å². The van der Waals surface area contributed by atoms with E-state index in [-0.39, 0.29) is 23.6 Å². The number of carbonyl (C=O) groups excluding carboxylic acids is 4. The zero-order valence-electron chi connectivity index (χ0n) is 16.2. The monoisotopic (exact) mass is 411 g/mol. The number of rotatable bonds is 1. The van der Waals surface area contributed by atoms with Gasteiger partial charge in [0.1, 0.15) is 0 Å². The molecule has 3 aliphatic carbocycles. The van der Waals surface area contributed by atoms with Gasteiger partial charge in [-0.15, -0.1) is 0 Å². The second kappa shape index (κ2) is 5.29. The lowest BCUT2D eigenvalue weighted by Gasteiger charge is -2.57. The van der Waals surface area contributed by atoms with Crippen molar-refractivity contribution < 1.29 is 19.2 Å². The van der Waals surface area contributed by atoms with Gasteiger partial charge in [-0.3, -0.25) is 29.8 Å². The molecule has 2 saturated heterocycles. The molecule has 7 heteroatoms. The fourth-order valence-electron chi connectivity index (χ4n) is 6.95. The molecule has 8 rings (SSSR count). The average Bonchev–Trinajstić information content (AvgIpc) is 3.37.